The molecule has 1 atom stereocenters. The Bertz CT molecular complexity index is 1200. The van der Waals surface area contributed by atoms with Crippen molar-refractivity contribution in [2.75, 3.05) is 18.1 Å². The molecule has 2 aromatic heterocycles. The second-order valence-corrected chi connectivity index (χ2v) is 7.91. The Morgan fingerprint density at radius 3 is 2.84 bits per heavy atom. The standard InChI is InChI=1S/C23H20N2O5S/c1-2-27-18-10-5-11-20-21(18)24-23(31-20)25(13-15-7-6-12-28-15)22(26)19-14-29-16-8-3-4-9-17(16)30-19/h3-12,19H,2,13-14H2,1H3. The van der Waals surface area contributed by atoms with Gasteiger partial charge in [-0.25, -0.2) is 4.98 Å². The molecule has 0 saturated carbocycles. The van der Waals surface area contributed by atoms with E-state index in [1.165, 1.54) is 11.3 Å². The zero-order valence-electron chi connectivity index (χ0n) is 16.8. The number of aromatic nitrogens is 1. The smallest absolute Gasteiger partial charge is 0.273 e. The number of carbonyl (C=O) groups excluding carboxylic acids is 1. The van der Waals surface area contributed by atoms with Gasteiger partial charge in [-0.2, -0.15) is 0 Å². The summed E-state index contributed by atoms with van der Waals surface area (Å²) in [5, 5.41) is 0.547. The van der Waals surface area contributed by atoms with Crippen molar-refractivity contribution in [3.8, 4) is 17.2 Å². The second-order valence-electron chi connectivity index (χ2n) is 6.90. The van der Waals surface area contributed by atoms with Crippen LogP contribution in [0, 0.1) is 0 Å². The second kappa shape index (κ2) is 8.31. The lowest BCUT2D eigenvalue weighted by Gasteiger charge is -2.29. The van der Waals surface area contributed by atoms with E-state index in [9.17, 15) is 4.79 Å². The van der Waals surface area contributed by atoms with Gasteiger partial charge in [-0.1, -0.05) is 29.5 Å². The molecule has 2 aromatic carbocycles. The molecule has 158 valence electrons. The molecule has 0 bridgehead atoms. The lowest BCUT2D eigenvalue weighted by Crippen LogP contribution is -2.46. The number of hydrogen-bond acceptors (Lipinski definition) is 7. The zero-order chi connectivity index (χ0) is 21.2. The lowest BCUT2D eigenvalue weighted by atomic mass is 10.2. The van der Waals surface area contributed by atoms with Crippen LogP contribution in [0.1, 0.15) is 12.7 Å². The number of ether oxygens (including phenoxy) is 3. The van der Waals surface area contributed by atoms with Crippen LogP contribution in [-0.4, -0.2) is 30.2 Å². The molecular weight excluding hydrogens is 416 g/mol. The van der Waals surface area contributed by atoms with Crippen molar-refractivity contribution in [1.29, 1.82) is 0 Å². The SMILES string of the molecule is CCOc1cccc2sc(N(Cc3ccco3)C(=O)C3COc4ccccc4O3)nc12. The summed E-state index contributed by atoms with van der Waals surface area (Å²) in [6.07, 6.45) is 0.795. The average Bonchev–Trinajstić information content (AvgIpc) is 3.47. The van der Waals surface area contributed by atoms with Gasteiger partial charge in [0.2, 0.25) is 6.10 Å². The maximum Gasteiger partial charge on any atom is 0.273 e. The van der Waals surface area contributed by atoms with Gasteiger partial charge >= 0.3 is 0 Å². The summed E-state index contributed by atoms with van der Waals surface area (Å²) >= 11 is 1.42. The molecule has 7 nitrogen and oxygen atoms in total. The van der Waals surface area contributed by atoms with Gasteiger partial charge in [-0.3, -0.25) is 9.69 Å². The summed E-state index contributed by atoms with van der Waals surface area (Å²) in [5.41, 5.74) is 0.729. The number of amides is 1. The number of anilines is 1. The third-order valence-corrected chi connectivity index (χ3v) is 5.89. The van der Waals surface area contributed by atoms with Gasteiger partial charge in [0.15, 0.2) is 16.6 Å². The minimum absolute atomic E-state index is 0.125. The molecule has 0 fully saturated rings. The van der Waals surface area contributed by atoms with Crippen LogP contribution >= 0.6 is 11.3 Å². The molecule has 1 unspecified atom stereocenters. The van der Waals surface area contributed by atoms with Gasteiger partial charge < -0.3 is 18.6 Å². The Morgan fingerprint density at radius 1 is 1.16 bits per heavy atom. The lowest BCUT2D eigenvalue weighted by molar-refractivity contribution is -0.127. The zero-order valence-corrected chi connectivity index (χ0v) is 17.6. The highest BCUT2D eigenvalue weighted by Crippen LogP contribution is 2.36. The maximum absolute atomic E-state index is 13.5. The van der Waals surface area contributed by atoms with Crippen LogP contribution in [0.5, 0.6) is 17.2 Å². The largest absolute Gasteiger partial charge is 0.492 e. The molecule has 4 aromatic rings. The van der Waals surface area contributed by atoms with Gasteiger partial charge in [-0.05, 0) is 43.3 Å². The molecule has 31 heavy (non-hydrogen) atoms. The molecule has 0 radical (unpaired) electrons. The topological polar surface area (TPSA) is 74.0 Å². The minimum Gasteiger partial charge on any atom is -0.492 e. The van der Waals surface area contributed by atoms with Crippen LogP contribution in [-0.2, 0) is 11.3 Å². The number of hydrogen-bond donors (Lipinski definition) is 0. The van der Waals surface area contributed by atoms with E-state index in [1.807, 2.05) is 49.4 Å². The molecular formula is C23H20N2O5S. The molecule has 1 aliphatic rings. The molecule has 0 aliphatic carbocycles. The van der Waals surface area contributed by atoms with Gasteiger partial charge in [0, 0.05) is 0 Å². The Morgan fingerprint density at radius 2 is 2.03 bits per heavy atom. The van der Waals surface area contributed by atoms with Crippen molar-refractivity contribution in [3.05, 3.63) is 66.6 Å². The highest BCUT2D eigenvalue weighted by molar-refractivity contribution is 7.22. The summed E-state index contributed by atoms with van der Waals surface area (Å²) in [7, 11) is 0. The van der Waals surface area contributed by atoms with E-state index >= 15 is 0 Å². The first-order chi connectivity index (χ1) is 15.2. The fourth-order valence-electron chi connectivity index (χ4n) is 3.41. The highest BCUT2D eigenvalue weighted by Gasteiger charge is 2.34. The predicted molar refractivity (Wildman–Crippen MR) is 117 cm³/mol. The van der Waals surface area contributed by atoms with Crippen molar-refractivity contribution in [1.82, 2.24) is 4.98 Å². The first-order valence-corrected chi connectivity index (χ1v) is 10.8. The molecule has 5 rings (SSSR count). The Labute approximate surface area is 182 Å². The Balaban J connectivity index is 1.50. The summed E-state index contributed by atoms with van der Waals surface area (Å²) in [6, 6.07) is 16.7. The molecule has 1 aliphatic heterocycles. The van der Waals surface area contributed by atoms with E-state index in [0.29, 0.717) is 34.7 Å². The number of para-hydroxylation sites is 3. The number of carbonyl (C=O) groups is 1. The van der Waals surface area contributed by atoms with Crippen molar-refractivity contribution in [2.45, 2.75) is 19.6 Å². The van der Waals surface area contributed by atoms with E-state index in [4.69, 9.17) is 23.6 Å². The number of furan rings is 1. The summed E-state index contributed by atoms with van der Waals surface area (Å²) in [5.74, 6) is 2.27. The first-order valence-electron chi connectivity index (χ1n) is 9.97. The fraction of sp³-hybridized carbons (Fsp3) is 0.217. The molecule has 0 N–H and O–H groups in total. The van der Waals surface area contributed by atoms with Gasteiger partial charge in [0.25, 0.3) is 5.91 Å². The summed E-state index contributed by atoms with van der Waals surface area (Å²) in [6.45, 7) is 2.82. The number of fused-ring (bicyclic) bond motifs is 2. The molecule has 3 heterocycles. The van der Waals surface area contributed by atoms with Crippen LogP contribution in [0.2, 0.25) is 0 Å². The van der Waals surface area contributed by atoms with Gasteiger partial charge in [-0.15, -0.1) is 0 Å². The normalized spacial score (nSPS) is 15.1. The van der Waals surface area contributed by atoms with Crippen LogP contribution < -0.4 is 19.1 Å². The van der Waals surface area contributed by atoms with Crippen molar-refractivity contribution in [3.63, 3.8) is 0 Å². The van der Waals surface area contributed by atoms with E-state index < -0.39 is 6.10 Å². The predicted octanol–water partition coefficient (Wildman–Crippen LogP) is 4.66. The molecule has 0 spiro atoms. The molecule has 8 heteroatoms. The number of rotatable bonds is 6. The summed E-state index contributed by atoms with van der Waals surface area (Å²) < 4.78 is 23.9. The minimum atomic E-state index is -0.789. The average molecular weight is 436 g/mol. The van der Waals surface area contributed by atoms with Crippen LogP contribution in [0.15, 0.2) is 65.3 Å². The van der Waals surface area contributed by atoms with Gasteiger partial charge in [0.05, 0.1) is 24.1 Å². The van der Waals surface area contributed by atoms with Crippen LogP contribution in [0.3, 0.4) is 0 Å². The first kappa shape index (κ1) is 19.4. The summed E-state index contributed by atoms with van der Waals surface area (Å²) in [4.78, 5) is 19.9. The van der Waals surface area contributed by atoms with Gasteiger partial charge in [0.1, 0.15) is 23.6 Å². The molecule has 0 saturated heterocycles. The fourth-order valence-corrected chi connectivity index (χ4v) is 4.40. The number of thiazole rings is 1. The Kier molecular flexibility index (Phi) is 5.21. The monoisotopic (exact) mass is 436 g/mol. The van der Waals surface area contributed by atoms with Crippen LogP contribution in [0.25, 0.3) is 10.2 Å². The number of nitrogens with zero attached hydrogens (tertiary/aromatic N) is 2. The van der Waals surface area contributed by atoms with Crippen molar-refractivity contribution in [2.24, 2.45) is 0 Å². The third kappa shape index (κ3) is 3.82. The highest BCUT2D eigenvalue weighted by atomic mass is 32.1. The number of benzene rings is 2. The van der Waals surface area contributed by atoms with Crippen LogP contribution in [0.4, 0.5) is 5.13 Å². The van der Waals surface area contributed by atoms with E-state index in [2.05, 4.69) is 0 Å². The van der Waals surface area contributed by atoms with E-state index in [1.54, 1.807) is 23.3 Å². The third-order valence-electron chi connectivity index (χ3n) is 4.85. The van der Waals surface area contributed by atoms with E-state index in [-0.39, 0.29) is 19.1 Å². The van der Waals surface area contributed by atoms with Crippen molar-refractivity contribution >= 4 is 32.6 Å². The Hall–Kier alpha value is -3.52. The van der Waals surface area contributed by atoms with E-state index in [0.717, 1.165) is 10.2 Å². The molecule has 1 amide bonds. The maximum atomic E-state index is 13.5. The van der Waals surface area contributed by atoms with Crippen molar-refractivity contribution < 1.29 is 23.4 Å². The quantitative estimate of drug-likeness (QED) is 0.438.